The van der Waals surface area contributed by atoms with Crippen LogP contribution in [0.2, 0.25) is 0 Å². The van der Waals surface area contributed by atoms with Crippen molar-refractivity contribution in [2.24, 2.45) is 5.73 Å². The number of carbonyl (C=O) groups is 1. The maximum Gasteiger partial charge on any atom is 0.251 e. The Labute approximate surface area is 138 Å². The van der Waals surface area contributed by atoms with E-state index in [4.69, 9.17) is 5.73 Å². The highest BCUT2D eigenvalue weighted by Gasteiger charge is 2.30. The summed E-state index contributed by atoms with van der Waals surface area (Å²) in [5.74, 6) is -0.252. The van der Waals surface area contributed by atoms with E-state index in [9.17, 15) is 13.2 Å². The van der Waals surface area contributed by atoms with Crippen LogP contribution in [0.3, 0.4) is 0 Å². The summed E-state index contributed by atoms with van der Waals surface area (Å²) in [6.45, 7) is 4.66. The number of rotatable bonds is 5. The molecule has 0 aromatic heterocycles. The van der Waals surface area contributed by atoms with Gasteiger partial charge in [0.15, 0.2) is 0 Å². The zero-order chi connectivity index (χ0) is 17.0. The molecule has 1 aromatic carbocycles. The second-order valence-corrected chi connectivity index (χ2v) is 7.99. The quantitative estimate of drug-likeness (QED) is 0.846. The molecule has 0 radical (unpaired) electrons. The molecule has 128 valence electrons. The molecule has 1 unspecified atom stereocenters. The van der Waals surface area contributed by atoms with Crippen molar-refractivity contribution in [1.29, 1.82) is 0 Å². The highest BCUT2D eigenvalue weighted by molar-refractivity contribution is 7.89. The fraction of sp³-hybridized carbons (Fsp3) is 0.562. The van der Waals surface area contributed by atoms with Crippen molar-refractivity contribution in [3.8, 4) is 0 Å². The Hall–Kier alpha value is -1.44. The first kappa shape index (κ1) is 17.9. The highest BCUT2D eigenvalue weighted by Crippen LogP contribution is 2.25. The first-order valence-electron chi connectivity index (χ1n) is 7.99. The van der Waals surface area contributed by atoms with Gasteiger partial charge in [0, 0.05) is 30.7 Å². The van der Waals surface area contributed by atoms with Crippen molar-refractivity contribution in [3.63, 3.8) is 0 Å². The summed E-state index contributed by atoms with van der Waals surface area (Å²) in [6.07, 6.45) is 2.84. The minimum absolute atomic E-state index is 0.0159. The summed E-state index contributed by atoms with van der Waals surface area (Å²) in [7, 11) is -3.50. The molecule has 0 bridgehead atoms. The fourth-order valence-corrected chi connectivity index (χ4v) is 4.41. The van der Waals surface area contributed by atoms with Gasteiger partial charge in [-0.1, -0.05) is 6.42 Å². The van der Waals surface area contributed by atoms with E-state index >= 15 is 0 Å². The Morgan fingerprint density at radius 1 is 1.35 bits per heavy atom. The van der Waals surface area contributed by atoms with Crippen LogP contribution in [-0.2, 0) is 10.0 Å². The third-order valence-electron chi connectivity index (χ3n) is 4.20. The van der Waals surface area contributed by atoms with Crippen molar-refractivity contribution in [2.75, 3.05) is 13.1 Å². The number of amides is 1. The number of nitrogens with two attached hydrogens (primary N) is 1. The largest absolute Gasteiger partial charge is 0.348 e. The average molecular weight is 339 g/mol. The Bertz CT molecular complexity index is 643. The maximum absolute atomic E-state index is 12.7. The molecule has 2 atom stereocenters. The standard InChI is InChI=1S/C16H25N3O3S/c1-12(11-17)18-16(20)14-6-8-15(9-7-14)23(21,22)19-10-4-3-5-13(19)2/h6-9,12-13H,3-5,10-11,17H2,1-2H3,(H,18,20)/t12-,13?/m0/s1. The van der Waals surface area contributed by atoms with Gasteiger partial charge in [-0.05, 0) is 51.0 Å². The molecule has 1 aliphatic heterocycles. The van der Waals surface area contributed by atoms with E-state index in [0.717, 1.165) is 19.3 Å². The predicted molar refractivity (Wildman–Crippen MR) is 89.6 cm³/mol. The van der Waals surface area contributed by atoms with E-state index in [1.807, 2.05) is 13.8 Å². The van der Waals surface area contributed by atoms with Gasteiger partial charge in [0.2, 0.25) is 10.0 Å². The molecule has 1 aliphatic rings. The lowest BCUT2D eigenvalue weighted by Gasteiger charge is -2.32. The Kier molecular flexibility index (Phi) is 5.78. The van der Waals surface area contributed by atoms with Gasteiger partial charge in [0.1, 0.15) is 0 Å². The fourth-order valence-electron chi connectivity index (χ4n) is 2.71. The minimum Gasteiger partial charge on any atom is -0.348 e. The van der Waals surface area contributed by atoms with Gasteiger partial charge in [-0.25, -0.2) is 8.42 Å². The van der Waals surface area contributed by atoms with Crippen molar-refractivity contribution >= 4 is 15.9 Å². The molecule has 3 N–H and O–H groups in total. The molecule has 0 spiro atoms. The van der Waals surface area contributed by atoms with E-state index in [0.29, 0.717) is 18.7 Å². The van der Waals surface area contributed by atoms with Crippen LogP contribution < -0.4 is 11.1 Å². The number of hydrogen-bond acceptors (Lipinski definition) is 4. The van der Waals surface area contributed by atoms with Gasteiger partial charge in [-0.15, -0.1) is 0 Å². The van der Waals surface area contributed by atoms with Crippen molar-refractivity contribution in [2.45, 2.75) is 50.1 Å². The van der Waals surface area contributed by atoms with Crippen LogP contribution in [0.5, 0.6) is 0 Å². The van der Waals surface area contributed by atoms with Gasteiger partial charge in [-0.3, -0.25) is 4.79 Å². The van der Waals surface area contributed by atoms with Crippen LogP contribution in [0.1, 0.15) is 43.5 Å². The lowest BCUT2D eigenvalue weighted by Crippen LogP contribution is -2.42. The van der Waals surface area contributed by atoms with E-state index in [-0.39, 0.29) is 22.9 Å². The SMILES string of the molecule is CC1CCCCN1S(=O)(=O)c1ccc(C(=O)N[C@@H](C)CN)cc1. The Morgan fingerprint density at radius 3 is 2.57 bits per heavy atom. The second-order valence-electron chi connectivity index (χ2n) is 6.10. The number of piperidine rings is 1. The lowest BCUT2D eigenvalue weighted by atomic mass is 10.1. The Balaban J connectivity index is 2.16. The number of hydrogen-bond donors (Lipinski definition) is 2. The average Bonchev–Trinajstić information content (AvgIpc) is 2.55. The normalized spacial score (nSPS) is 20.9. The van der Waals surface area contributed by atoms with Crippen LogP contribution in [-0.4, -0.2) is 43.8 Å². The molecule has 1 saturated heterocycles. The first-order chi connectivity index (χ1) is 10.9. The Morgan fingerprint density at radius 2 is 2.00 bits per heavy atom. The summed E-state index contributed by atoms with van der Waals surface area (Å²) in [4.78, 5) is 12.2. The number of sulfonamides is 1. The maximum atomic E-state index is 12.7. The second kappa shape index (κ2) is 7.42. The first-order valence-corrected chi connectivity index (χ1v) is 9.43. The predicted octanol–water partition coefficient (Wildman–Crippen LogP) is 1.33. The van der Waals surface area contributed by atoms with Crippen LogP contribution in [0, 0.1) is 0 Å². The summed E-state index contributed by atoms with van der Waals surface area (Å²) in [6, 6.07) is 5.97. The van der Waals surface area contributed by atoms with Crippen LogP contribution in [0.4, 0.5) is 0 Å². The number of carbonyl (C=O) groups excluding carboxylic acids is 1. The van der Waals surface area contributed by atoms with Crippen LogP contribution in [0.15, 0.2) is 29.2 Å². The summed E-state index contributed by atoms with van der Waals surface area (Å²) >= 11 is 0. The molecule has 0 saturated carbocycles. The highest BCUT2D eigenvalue weighted by atomic mass is 32.2. The monoisotopic (exact) mass is 339 g/mol. The van der Waals surface area contributed by atoms with Crippen molar-refractivity contribution < 1.29 is 13.2 Å². The zero-order valence-corrected chi connectivity index (χ0v) is 14.5. The van der Waals surface area contributed by atoms with Crippen LogP contribution in [0.25, 0.3) is 0 Å². The van der Waals surface area contributed by atoms with Crippen LogP contribution >= 0.6 is 0 Å². The van der Waals surface area contributed by atoms with Crippen molar-refractivity contribution in [1.82, 2.24) is 9.62 Å². The van der Waals surface area contributed by atoms with Gasteiger partial charge < -0.3 is 11.1 Å². The molecule has 2 rings (SSSR count). The molecule has 1 heterocycles. The van der Waals surface area contributed by atoms with E-state index in [2.05, 4.69) is 5.32 Å². The molecule has 7 heteroatoms. The van der Waals surface area contributed by atoms with Gasteiger partial charge in [0.05, 0.1) is 4.90 Å². The molecule has 1 aromatic rings. The molecular formula is C16H25N3O3S. The molecule has 23 heavy (non-hydrogen) atoms. The molecule has 0 aliphatic carbocycles. The van der Waals surface area contributed by atoms with Gasteiger partial charge in [-0.2, -0.15) is 4.31 Å². The van der Waals surface area contributed by atoms with E-state index in [1.165, 1.54) is 12.1 Å². The van der Waals surface area contributed by atoms with Gasteiger partial charge >= 0.3 is 0 Å². The minimum atomic E-state index is -3.50. The van der Waals surface area contributed by atoms with E-state index in [1.54, 1.807) is 16.4 Å². The smallest absolute Gasteiger partial charge is 0.251 e. The third kappa shape index (κ3) is 4.10. The van der Waals surface area contributed by atoms with Gasteiger partial charge in [0.25, 0.3) is 5.91 Å². The topological polar surface area (TPSA) is 92.5 Å². The molecule has 1 amide bonds. The summed E-state index contributed by atoms with van der Waals surface area (Å²) in [5.41, 5.74) is 5.90. The summed E-state index contributed by atoms with van der Waals surface area (Å²) < 4.78 is 27.0. The lowest BCUT2D eigenvalue weighted by molar-refractivity contribution is 0.0941. The summed E-state index contributed by atoms with van der Waals surface area (Å²) in [5, 5.41) is 2.75. The number of nitrogens with one attached hydrogen (secondary N) is 1. The number of benzene rings is 1. The molecule has 6 nitrogen and oxygen atoms in total. The molecule has 1 fully saturated rings. The third-order valence-corrected chi connectivity index (χ3v) is 6.22. The van der Waals surface area contributed by atoms with Crippen molar-refractivity contribution in [3.05, 3.63) is 29.8 Å². The number of nitrogens with zero attached hydrogens (tertiary/aromatic N) is 1. The zero-order valence-electron chi connectivity index (χ0n) is 13.7. The molecular weight excluding hydrogens is 314 g/mol. The van der Waals surface area contributed by atoms with E-state index < -0.39 is 10.0 Å².